The van der Waals surface area contributed by atoms with Gasteiger partial charge in [-0.05, 0) is 41.8 Å². The fourth-order valence-corrected chi connectivity index (χ4v) is 2.44. The lowest BCUT2D eigenvalue weighted by atomic mass is 10.1. The SMILES string of the molecule is CCc1cccc(NC(=O)Cn2nnc(-c3ccccc3C)n2)c1. The number of anilines is 1. The average molecular weight is 321 g/mol. The van der Waals surface area contributed by atoms with E-state index >= 15 is 0 Å². The van der Waals surface area contributed by atoms with Crippen molar-refractivity contribution in [3.63, 3.8) is 0 Å². The fraction of sp³-hybridized carbons (Fsp3) is 0.222. The second-order valence-electron chi connectivity index (χ2n) is 5.56. The van der Waals surface area contributed by atoms with Gasteiger partial charge in [0.05, 0.1) is 0 Å². The molecule has 0 atom stereocenters. The van der Waals surface area contributed by atoms with Gasteiger partial charge in [0.2, 0.25) is 11.7 Å². The Morgan fingerprint density at radius 3 is 2.79 bits per heavy atom. The first-order valence-electron chi connectivity index (χ1n) is 7.88. The number of aryl methyl sites for hydroxylation is 2. The summed E-state index contributed by atoms with van der Waals surface area (Å²) >= 11 is 0. The quantitative estimate of drug-likeness (QED) is 0.784. The Kier molecular flexibility index (Phi) is 4.65. The highest BCUT2D eigenvalue weighted by Gasteiger charge is 2.11. The molecule has 1 heterocycles. The maximum atomic E-state index is 12.2. The number of hydrogen-bond acceptors (Lipinski definition) is 4. The molecule has 0 aliphatic rings. The first kappa shape index (κ1) is 15.9. The molecule has 0 aliphatic heterocycles. The van der Waals surface area contributed by atoms with Crippen LogP contribution in [0.5, 0.6) is 0 Å². The molecule has 122 valence electrons. The Bertz CT molecular complexity index is 856. The summed E-state index contributed by atoms with van der Waals surface area (Å²) in [5, 5.41) is 15.1. The van der Waals surface area contributed by atoms with Crippen LogP contribution in [0.4, 0.5) is 5.69 Å². The van der Waals surface area contributed by atoms with Gasteiger partial charge in [0.1, 0.15) is 6.54 Å². The number of carbonyl (C=O) groups excluding carboxylic acids is 1. The third-order valence-corrected chi connectivity index (χ3v) is 3.74. The molecule has 1 aromatic heterocycles. The number of nitrogens with one attached hydrogen (secondary N) is 1. The standard InChI is InChI=1S/C18H19N5O/c1-3-14-8-6-9-15(11-14)19-17(24)12-23-21-18(20-22-23)16-10-5-4-7-13(16)2/h4-11H,3,12H2,1-2H3,(H,19,24). The zero-order valence-electron chi connectivity index (χ0n) is 13.7. The van der Waals surface area contributed by atoms with E-state index in [2.05, 4.69) is 27.7 Å². The summed E-state index contributed by atoms with van der Waals surface area (Å²) in [6.07, 6.45) is 0.925. The zero-order chi connectivity index (χ0) is 16.9. The topological polar surface area (TPSA) is 72.7 Å². The van der Waals surface area contributed by atoms with Gasteiger partial charge in [0.15, 0.2) is 0 Å². The van der Waals surface area contributed by atoms with E-state index in [1.54, 1.807) is 0 Å². The van der Waals surface area contributed by atoms with Crippen molar-refractivity contribution in [2.75, 3.05) is 5.32 Å². The van der Waals surface area contributed by atoms with Gasteiger partial charge in [-0.1, -0.05) is 43.3 Å². The Labute approximate surface area is 140 Å². The van der Waals surface area contributed by atoms with Gasteiger partial charge in [0.25, 0.3) is 0 Å². The van der Waals surface area contributed by atoms with Crippen molar-refractivity contribution in [3.8, 4) is 11.4 Å². The monoisotopic (exact) mass is 321 g/mol. The smallest absolute Gasteiger partial charge is 0.248 e. The van der Waals surface area contributed by atoms with Crippen LogP contribution in [0.3, 0.4) is 0 Å². The summed E-state index contributed by atoms with van der Waals surface area (Å²) in [6, 6.07) is 15.6. The van der Waals surface area contributed by atoms with E-state index in [4.69, 9.17) is 0 Å². The van der Waals surface area contributed by atoms with Gasteiger partial charge >= 0.3 is 0 Å². The van der Waals surface area contributed by atoms with Crippen LogP contribution in [0.25, 0.3) is 11.4 Å². The van der Waals surface area contributed by atoms with Crippen molar-refractivity contribution in [2.45, 2.75) is 26.8 Å². The van der Waals surface area contributed by atoms with Gasteiger partial charge in [-0.25, -0.2) is 0 Å². The Balaban J connectivity index is 1.68. The number of nitrogens with zero attached hydrogens (tertiary/aromatic N) is 4. The van der Waals surface area contributed by atoms with Crippen molar-refractivity contribution in [1.82, 2.24) is 20.2 Å². The van der Waals surface area contributed by atoms with E-state index in [0.29, 0.717) is 5.82 Å². The van der Waals surface area contributed by atoms with Crippen molar-refractivity contribution in [1.29, 1.82) is 0 Å². The predicted octanol–water partition coefficient (Wildman–Crippen LogP) is 2.85. The Hall–Kier alpha value is -3.02. The minimum Gasteiger partial charge on any atom is -0.324 e. The first-order chi connectivity index (χ1) is 11.7. The summed E-state index contributed by atoms with van der Waals surface area (Å²) < 4.78 is 0. The summed E-state index contributed by atoms with van der Waals surface area (Å²) in [6.45, 7) is 4.09. The van der Waals surface area contributed by atoms with Gasteiger partial charge < -0.3 is 5.32 Å². The molecule has 2 aromatic carbocycles. The molecule has 1 amide bonds. The average Bonchev–Trinajstić information content (AvgIpc) is 3.03. The molecule has 0 saturated carbocycles. The van der Waals surface area contributed by atoms with E-state index < -0.39 is 0 Å². The molecular weight excluding hydrogens is 302 g/mol. The number of amides is 1. The molecule has 24 heavy (non-hydrogen) atoms. The minimum absolute atomic E-state index is 0.0230. The molecule has 0 saturated heterocycles. The molecule has 0 unspecified atom stereocenters. The van der Waals surface area contributed by atoms with Crippen LogP contribution in [-0.2, 0) is 17.8 Å². The van der Waals surface area contributed by atoms with Crippen LogP contribution in [0.1, 0.15) is 18.1 Å². The number of hydrogen-bond donors (Lipinski definition) is 1. The number of benzene rings is 2. The minimum atomic E-state index is -0.183. The molecule has 3 aromatic rings. The summed E-state index contributed by atoms with van der Waals surface area (Å²) in [4.78, 5) is 13.5. The molecular formula is C18H19N5O. The van der Waals surface area contributed by atoms with Crippen LogP contribution in [-0.4, -0.2) is 26.1 Å². The molecule has 3 rings (SSSR count). The highest BCUT2D eigenvalue weighted by atomic mass is 16.2. The highest BCUT2D eigenvalue weighted by molar-refractivity contribution is 5.90. The highest BCUT2D eigenvalue weighted by Crippen LogP contribution is 2.17. The molecule has 0 spiro atoms. The van der Waals surface area contributed by atoms with Crippen molar-refractivity contribution in [3.05, 3.63) is 59.7 Å². The number of aromatic nitrogens is 4. The van der Waals surface area contributed by atoms with Crippen molar-refractivity contribution >= 4 is 11.6 Å². The van der Waals surface area contributed by atoms with E-state index in [1.807, 2.05) is 55.5 Å². The summed E-state index contributed by atoms with van der Waals surface area (Å²) in [7, 11) is 0. The molecule has 6 nitrogen and oxygen atoms in total. The Morgan fingerprint density at radius 2 is 2.00 bits per heavy atom. The van der Waals surface area contributed by atoms with Crippen LogP contribution in [0.15, 0.2) is 48.5 Å². The van der Waals surface area contributed by atoms with Gasteiger partial charge in [-0.15, -0.1) is 10.2 Å². The van der Waals surface area contributed by atoms with Crippen molar-refractivity contribution in [2.24, 2.45) is 0 Å². The number of carbonyl (C=O) groups is 1. The van der Waals surface area contributed by atoms with Gasteiger partial charge in [-0.3, -0.25) is 4.79 Å². The lowest BCUT2D eigenvalue weighted by molar-refractivity contribution is -0.117. The van der Waals surface area contributed by atoms with Gasteiger partial charge in [0, 0.05) is 11.3 Å². The fourth-order valence-electron chi connectivity index (χ4n) is 2.44. The third-order valence-electron chi connectivity index (χ3n) is 3.74. The van der Waals surface area contributed by atoms with Crippen LogP contribution < -0.4 is 5.32 Å². The molecule has 0 aliphatic carbocycles. The molecule has 0 bridgehead atoms. The van der Waals surface area contributed by atoms with Crippen LogP contribution in [0, 0.1) is 6.92 Å². The normalized spacial score (nSPS) is 10.6. The summed E-state index contributed by atoms with van der Waals surface area (Å²) in [5.74, 6) is 0.339. The van der Waals surface area contributed by atoms with Crippen molar-refractivity contribution < 1.29 is 4.79 Å². The van der Waals surface area contributed by atoms with Gasteiger partial charge in [-0.2, -0.15) is 4.80 Å². The predicted molar refractivity (Wildman–Crippen MR) is 92.4 cm³/mol. The Morgan fingerprint density at radius 1 is 1.17 bits per heavy atom. The van der Waals surface area contributed by atoms with E-state index in [0.717, 1.165) is 23.2 Å². The summed E-state index contributed by atoms with van der Waals surface area (Å²) in [5.41, 5.74) is 3.93. The van der Waals surface area contributed by atoms with Crippen LogP contribution >= 0.6 is 0 Å². The molecule has 0 radical (unpaired) electrons. The van der Waals surface area contributed by atoms with E-state index in [9.17, 15) is 4.79 Å². The maximum Gasteiger partial charge on any atom is 0.248 e. The second-order valence-corrected chi connectivity index (χ2v) is 5.56. The van der Waals surface area contributed by atoms with E-state index in [1.165, 1.54) is 10.4 Å². The third kappa shape index (κ3) is 3.65. The number of tetrazole rings is 1. The maximum absolute atomic E-state index is 12.2. The second kappa shape index (κ2) is 7.04. The molecule has 1 N–H and O–H groups in total. The largest absolute Gasteiger partial charge is 0.324 e. The lowest BCUT2D eigenvalue weighted by Gasteiger charge is -2.06. The zero-order valence-corrected chi connectivity index (χ0v) is 13.7. The lowest BCUT2D eigenvalue weighted by Crippen LogP contribution is -2.20. The van der Waals surface area contributed by atoms with Crippen LogP contribution in [0.2, 0.25) is 0 Å². The molecule has 6 heteroatoms. The number of rotatable bonds is 5. The molecule has 0 fully saturated rings. The first-order valence-corrected chi connectivity index (χ1v) is 7.88. The van der Waals surface area contributed by atoms with E-state index in [-0.39, 0.29) is 12.5 Å².